The maximum Gasteiger partial charge on any atom is 1.00 e. The van der Waals surface area contributed by atoms with Crippen molar-refractivity contribution >= 4 is 18.0 Å². The predicted molar refractivity (Wildman–Crippen MR) is 33.8 cm³/mol. The van der Waals surface area contributed by atoms with Gasteiger partial charge in [0.15, 0.2) is 0 Å². The monoisotopic (exact) mass is 181 g/mol. The summed E-state index contributed by atoms with van der Waals surface area (Å²) in [4.78, 5) is 29.9. The van der Waals surface area contributed by atoms with Crippen molar-refractivity contribution < 1.29 is 54.2 Å². The molecule has 0 heterocycles. The molecule has 62 valence electrons. The zero-order valence-corrected chi connectivity index (χ0v) is 8.73. The predicted octanol–water partition coefficient (Wildman–Crippen LogP) is -3.78. The Bertz CT molecular complexity index is 186. The van der Waals surface area contributed by atoms with E-state index >= 15 is 0 Å². The van der Waals surface area contributed by atoms with Crippen molar-refractivity contribution in [1.82, 2.24) is 0 Å². The maximum absolute atomic E-state index is 10.2. The number of ketones is 1. The minimum Gasteiger partial charge on any atom is -0.870 e. The third-order valence-electron chi connectivity index (χ3n) is 0.673. The van der Waals surface area contributed by atoms with E-state index in [1.807, 2.05) is 0 Å². The van der Waals surface area contributed by atoms with Crippen LogP contribution in [-0.2, 0) is 19.1 Å². The summed E-state index contributed by atoms with van der Waals surface area (Å²) in [6.07, 6.45) is 2.71. The van der Waals surface area contributed by atoms with Crippen LogP contribution < -0.4 is 29.6 Å². The average Bonchev–Trinajstić information content (AvgIpc) is 1.99. The number of carbonyl (C=O) groups is 2. The molecule has 0 radical (unpaired) electrons. The topological polar surface area (TPSA) is 90.4 Å². The minimum absolute atomic E-state index is 0. The number of rotatable bonds is 3. The molecule has 0 aliphatic heterocycles. The smallest absolute Gasteiger partial charge is 0.870 e. The summed E-state index contributed by atoms with van der Waals surface area (Å²) in [6.45, 7) is 0. The van der Waals surface area contributed by atoms with Crippen LogP contribution in [0.5, 0.6) is 0 Å². The van der Waals surface area contributed by atoms with Crippen molar-refractivity contribution in [3.8, 4) is 0 Å². The number of ether oxygens (including phenoxy) is 1. The minimum atomic E-state index is -0.884. The Morgan fingerprint density at radius 1 is 1.33 bits per heavy atom. The molecule has 0 unspecified atom stereocenters. The molecule has 0 spiro atoms. The molecule has 0 amide bonds. The molecule has 0 aromatic carbocycles. The summed E-state index contributed by atoms with van der Waals surface area (Å²) in [5.74, 6) is -1.56. The molecule has 0 saturated carbocycles. The number of hydrogen-bond donors (Lipinski definition) is 0. The third kappa shape index (κ3) is 9.51. The van der Waals surface area contributed by atoms with E-state index in [0.717, 1.165) is 18.4 Å². The van der Waals surface area contributed by atoms with Gasteiger partial charge in [-0.3, -0.25) is 0 Å². The SMILES string of the molecule is COC(=O)/C=C/C(=O)[C-]=O.[Na+].[OH-]. The van der Waals surface area contributed by atoms with Gasteiger partial charge in [0.2, 0.25) is 0 Å². The molecular weight excluding hydrogens is 175 g/mol. The van der Waals surface area contributed by atoms with Crippen LogP contribution in [0.2, 0.25) is 0 Å². The Balaban J connectivity index is -0.000000405. The van der Waals surface area contributed by atoms with Crippen LogP contribution >= 0.6 is 0 Å². The molecule has 0 saturated heterocycles. The fourth-order valence-electron chi connectivity index (χ4n) is 0.246. The molecule has 0 aromatic rings. The van der Waals surface area contributed by atoms with Crippen molar-refractivity contribution in [2.75, 3.05) is 7.11 Å². The molecule has 12 heavy (non-hydrogen) atoms. The summed E-state index contributed by atoms with van der Waals surface area (Å²) in [5.41, 5.74) is 0. The number of hydrogen-bond acceptors (Lipinski definition) is 5. The summed E-state index contributed by atoms with van der Waals surface area (Å²) < 4.78 is 4.14. The van der Waals surface area contributed by atoms with Gasteiger partial charge in [0.05, 0.1) is 12.9 Å². The Morgan fingerprint density at radius 3 is 2.17 bits per heavy atom. The third-order valence-corrected chi connectivity index (χ3v) is 0.673. The summed E-state index contributed by atoms with van der Waals surface area (Å²) >= 11 is 0. The largest absolute Gasteiger partial charge is 1.00 e. The van der Waals surface area contributed by atoms with Gasteiger partial charge < -0.3 is 19.8 Å². The van der Waals surface area contributed by atoms with Gasteiger partial charge in [0.1, 0.15) is 0 Å². The molecule has 0 aromatic heterocycles. The van der Waals surface area contributed by atoms with E-state index in [9.17, 15) is 14.4 Å². The summed E-state index contributed by atoms with van der Waals surface area (Å²) in [6, 6.07) is 0. The number of allylic oxidation sites excluding steroid dienone is 1. The van der Waals surface area contributed by atoms with Crippen LogP contribution in [-0.4, -0.2) is 30.6 Å². The molecular formula is C6H6NaO5-. The number of methoxy groups -OCH3 is 1. The van der Waals surface area contributed by atoms with Crippen molar-refractivity contribution in [2.45, 2.75) is 0 Å². The Hall–Kier alpha value is -0.490. The first-order chi connectivity index (χ1) is 4.70. The first-order valence-electron chi connectivity index (χ1n) is 2.39. The Kier molecular flexibility index (Phi) is 15.4. The molecule has 0 fully saturated rings. The average molecular weight is 181 g/mol. The molecule has 0 atom stereocenters. The molecule has 1 N–H and O–H groups in total. The summed E-state index contributed by atoms with van der Waals surface area (Å²) in [7, 11) is 1.17. The van der Waals surface area contributed by atoms with Crippen molar-refractivity contribution in [2.24, 2.45) is 0 Å². The van der Waals surface area contributed by atoms with Gasteiger partial charge in [-0.2, -0.15) is 6.08 Å². The van der Waals surface area contributed by atoms with Crippen LogP contribution in [0.15, 0.2) is 12.2 Å². The maximum atomic E-state index is 10.2. The van der Waals surface area contributed by atoms with Crippen LogP contribution in [0.1, 0.15) is 0 Å². The van der Waals surface area contributed by atoms with Crippen LogP contribution in [0.3, 0.4) is 0 Å². The zero-order chi connectivity index (χ0) is 7.98. The van der Waals surface area contributed by atoms with Gasteiger partial charge in [-0.15, -0.1) is 0 Å². The van der Waals surface area contributed by atoms with E-state index in [1.165, 1.54) is 7.11 Å². The van der Waals surface area contributed by atoms with E-state index in [-0.39, 0.29) is 35.0 Å². The van der Waals surface area contributed by atoms with Gasteiger partial charge in [-0.05, 0) is 0 Å². The second-order valence-electron chi connectivity index (χ2n) is 1.32. The number of esters is 1. The second-order valence-corrected chi connectivity index (χ2v) is 1.32. The first-order valence-corrected chi connectivity index (χ1v) is 2.39. The van der Waals surface area contributed by atoms with Crippen LogP contribution in [0, 0.1) is 0 Å². The van der Waals surface area contributed by atoms with Gasteiger partial charge in [0.25, 0.3) is 0 Å². The van der Waals surface area contributed by atoms with E-state index in [4.69, 9.17) is 0 Å². The van der Waals surface area contributed by atoms with Crippen molar-refractivity contribution in [3.63, 3.8) is 0 Å². The quantitative estimate of drug-likeness (QED) is 0.146. The van der Waals surface area contributed by atoms with Crippen LogP contribution in [0.25, 0.3) is 0 Å². The Labute approximate surface area is 91.4 Å². The summed E-state index contributed by atoms with van der Waals surface area (Å²) in [5, 5.41) is 0. The van der Waals surface area contributed by atoms with Crippen molar-refractivity contribution in [3.05, 3.63) is 12.2 Å². The van der Waals surface area contributed by atoms with E-state index < -0.39 is 11.8 Å². The molecule has 0 bridgehead atoms. The normalized spacial score (nSPS) is 7.75. The van der Waals surface area contributed by atoms with E-state index in [1.54, 1.807) is 0 Å². The molecule has 6 heteroatoms. The first kappa shape index (κ1) is 17.6. The molecule has 0 aliphatic rings. The van der Waals surface area contributed by atoms with Gasteiger partial charge >= 0.3 is 35.5 Å². The van der Waals surface area contributed by atoms with E-state index in [2.05, 4.69) is 4.74 Å². The number of carbonyl (C=O) groups excluding carboxylic acids is 3. The molecule has 0 rings (SSSR count). The van der Waals surface area contributed by atoms with Gasteiger partial charge in [0, 0.05) is 6.29 Å². The van der Waals surface area contributed by atoms with E-state index in [0.29, 0.717) is 0 Å². The van der Waals surface area contributed by atoms with Gasteiger partial charge in [-0.1, -0.05) is 6.08 Å². The van der Waals surface area contributed by atoms with Crippen LogP contribution in [0.4, 0.5) is 0 Å². The van der Waals surface area contributed by atoms with Crippen molar-refractivity contribution in [1.29, 1.82) is 0 Å². The fourth-order valence-corrected chi connectivity index (χ4v) is 0.246. The second kappa shape index (κ2) is 10.5. The fraction of sp³-hybridized carbons (Fsp3) is 0.167. The zero-order valence-electron chi connectivity index (χ0n) is 6.73. The standard InChI is InChI=1S/C6H5O4.Na.H2O/c1-10-6(9)3-2-5(8)4-7;;/h2-3H,1H3;;1H2/q-1;+1;/p-1/b3-2+;;. The molecule has 5 nitrogen and oxygen atoms in total. The Morgan fingerprint density at radius 2 is 1.83 bits per heavy atom. The van der Waals surface area contributed by atoms with Gasteiger partial charge in [-0.25, -0.2) is 4.79 Å². The molecule has 0 aliphatic carbocycles.